The van der Waals surface area contributed by atoms with E-state index in [1.54, 1.807) is 6.33 Å². The Hall–Kier alpha value is -1.92. The van der Waals surface area contributed by atoms with Crippen LogP contribution in [0.5, 0.6) is 5.75 Å². The monoisotopic (exact) mass is 356 g/mol. The van der Waals surface area contributed by atoms with Crippen molar-refractivity contribution >= 4 is 0 Å². The molecule has 1 aromatic heterocycles. The molecule has 140 valence electrons. The lowest BCUT2D eigenvalue weighted by atomic mass is 9.73. The highest BCUT2D eigenvalue weighted by Gasteiger charge is 2.39. The normalized spacial score (nSPS) is 20.3. The fourth-order valence-electron chi connectivity index (χ4n) is 4.16. The predicted molar refractivity (Wildman–Crippen MR) is 99.4 cm³/mol. The molecule has 6 heteroatoms. The van der Waals surface area contributed by atoms with Crippen LogP contribution in [0.3, 0.4) is 0 Å². The average molecular weight is 356 g/mol. The van der Waals surface area contributed by atoms with Crippen LogP contribution in [0.1, 0.15) is 43.5 Å². The lowest BCUT2D eigenvalue weighted by Gasteiger charge is -2.35. The van der Waals surface area contributed by atoms with Crippen LogP contribution in [0.25, 0.3) is 0 Å². The van der Waals surface area contributed by atoms with Gasteiger partial charge in [0, 0.05) is 19.8 Å². The molecule has 2 aliphatic heterocycles. The third-order valence-corrected chi connectivity index (χ3v) is 5.68. The maximum atomic E-state index is 5.94. The van der Waals surface area contributed by atoms with Crippen LogP contribution in [-0.4, -0.2) is 59.5 Å². The highest BCUT2D eigenvalue weighted by atomic mass is 16.5. The molecule has 3 heterocycles. The number of benzene rings is 1. The Bertz CT molecular complexity index is 660. The molecule has 1 aromatic carbocycles. The number of H-pyrrole nitrogens is 1. The van der Waals surface area contributed by atoms with Gasteiger partial charge >= 0.3 is 0 Å². The van der Waals surface area contributed by atoms with Crippen molar-refractivity contribution in [1.82, 2.24) is 20.1 Å². The molecule has 2 aromatic rings. The largest absolute Gasteiger partial charge is 0.494 e. The van der Waals surface area contributed by atoms with Gasteiger partial charge in [-0.3, -0.25) is 5.10 Å². The van der Waals surface area contributed by atoms with Gasteiger partial charge in [-0.1, -0.05) is 12.1 Å². The van der Waals surface area contributed by atoms with Crippen molar-refractivity contribution in [3.05, 3.63) is 42.0 Å². The maximum absolute atomic E-state index is 5.94. The van der Waals surface area contributed by atoms with Gasteiger partial charge in [0.05, 0.1) is 12.0 Å². The summed E-state index contributed by atoms with van der Waals surface area (Å²) in [7, 11) is 0. The molecule has 0 atom stereocenters. The van der Waals surface area contributed by atoms with E-state index in [9.17, 15) is 0 Å². The van der Waals surface area contributed by atoms with Crippen molar-refractivity contribution in [2.45, 2.75) is 37.5 Å². The fourth-order valence-corrected chi connectivity index (χ4v) is 4.16. The number of likely N-dealkylation sites (tertiary alicyclic amines) is 1. The van der Waals surface area contributed by atoms with E-state index in [0.29, 0.717) is 0 Å². The van der Waals surface area contributed by atoms with Crippen molar-refractivity contribution < 1.29 is 9.47 Å². The number of aromatic amines is 1. The molecule has 0 unspecified atom stereocenters. The number of nitrogens with one attached hydrogen (secondary N) is 1. The minimum atomic E-state index is -0.160. The number of rotatable bonds is 7. The molecular weight excluding hydrogens is 328 g/mol. The number of hydrogen-bond donors (Lipinski definition) is 1. The first-order valence-electron chi connectivity index (χ1n) is 9.77. The molecule has 0 bridgehead atoms. The van der Waals surface area contributed by atoms with E-state index in [-0.39, 0.29) is 5.41 Å². The zero-order valence-electron chi connectivity index (χ0n) is 15.3. The van der Waals surface area contributed by atoms with E-state index in [1.807, 2.05) is 0 Å². The summed E-state index contributed by atoms with van der Waals surface area (Å²) in [5, 5.41) is 7.24. The third-order valence-electron chi connectivity index (χ3n) is 5.68. The van der Waals surface area contributed by atoms with E-state index in [0.717, 1.165) is 57.2 Å². The van der Waals surface area contributed by atoms with Crippen molar-refractivity contribution in [2.75, 3.05) is 39.5 Å². The molecule has 2 aliphatic rings. The Balaban J connectivity index is 1.38. The Morgan fingerprint density at radius 1 is 1.12 bits per heavy atom. The Morgan fingerprint density at radius 3 is 2.58 bits per heavy atom. The number of hydrogen-bond acceptors (Lipinski definition) is 5. The summed E-state index contributed by atoms with van der Waals surface area (Å²) in [5.74, 6) is 1.80. The van der Waals surface area contributed by atoms with Crippen LogP contribution in [0.2, 0.25) is 0 Å². The van der Waals surface area contributed by atoms with Gasteiger partial charge in [0.15, 0.2) is 5.82 Å². The molecule has 6 nitrogen and oxygen atoms in total. The number of aromatic nitrogens is 3. The molecule has 0 aliphatic carbocycles. The molecule has 26 heavy (non-hydrogen) atoms. The van der Waals surface area contributed by atoms with E-state index in [1.165, 1.54) is 31.5 Å². The van der Waals surface area contributed by atoms with Crippen LogP contribution < -0.4 is 4.74 Å². The minimum absolute atomic E-state index is 0.160. The highest BCUT2D eigenvalue weighted by Crippen LogP contribution is 2.39. The van der Waals surface area contributed by atoms with E-state index < -0.39 is 0 Å². The topological polar surface area (TPSA) is 63.3 Å². The highest BCUT2D eigenvalue weighted by molar-refractivity contribution is 5.37. The first kappa shape index (κ1) is 17.5. The first-order valence-corrected chi connectivity index (χ1v) is 9.77. The summed E-state index contributed by atoms with van der Waals surface area (Å²) >= 11 is 0. The molecular formula is C20H28N4O2. The molecule has 4 rings (SSSR count). The van der Waals surface area contributed by atoms with Crippen LogP contribution in [0.4, 0.5) is 0 Å². The van der Waals surface area contributed by atoms with Gasteiger partial charge < -0.3 is 14.4 Å². The molecule has 2 saturated heterocycles. The molecule has 2 fully saturated rings. The quantitative estimate of drug-likeness (QED) is 0.773. The zero-order valence-corrected chi connectivity index (χ0v) is 15.3. The lowest BCUT2D eigenvalue weighted by molar-refractivity contribution is 0.0605. The summed E-state index contributed by atoms with van der Waals surface area (Å²) in [6.07, 6.45) is 7.24. The fraction of sp³-hybridized carbons (Fsp3) is 0.600. The van der Waals surface area contributed by atoms with Crippen molar-refractivity contribution in [2.24, 2.45) is 0 Å². The van der Waals surface area contributed by atoms with Gasteiger partial charge in [-0.25, -0.2) is 4.98 Å². The van der Waals surface area contributed by atoms with Gasteiger partial charge in [0.25, 0.3) is 0 Å². The average Bonchev–Trinajstić information content (AvgIpc) is 3.40. The molecule has 0 amide bonds. The molecule has 0 spiro atoms. The second kappa shape index (κ2) is 8.18. The number of ether oxygens (including phenoxy) is 2. The van der Waals surface area contributed by atoms with Crippen molar-refractivity contribution in [3.63, 3.8) is 0 Å². The predicted octanol–water partition coefficient (Wildman–Crippen LogP) is 2.77. The minimum Gasteiger partial charge on any atom is -0.494 e. The van der Waals surface area contributed by atoms with Gasteiger partial charge in [-0.05, 0) is 62.9 Å². The maximum Gasteiger partial charge on any atom is 0.161 e. The Labute approximate surface area is 154 Å². The second-order valence-electron chi connectivity index (χ2n) is 7.29. The summed E-state index contributed by atoms with van der Waals surface area (Å²) in [5.41, 5.74) is 1.08. The SMILES string of the molecule is c1nc(C2(c3ccc(OCCCN4CCCC4)cc3)CCOCC2)n[nH]1. The van der Waals surface area contributed by atoms with E-state index in [4.69, 9.17) is 9.47 Å². The van der Waals surface area contributed by atoms with E-state index >= 15 is 0 Å². The summed E-state index contributed by atoms with van der Waals surface area (Å²) in [6, 6.07) is 8.49. The Morgan fingerprint density at radius 2 is 1.88 bits per heavy atom. The lowest BCUT2D eigenvalue weighted by Crippen LogP contribution is -2.36. The van der Waals surface area contributed by atoms with Crippen LogP contribution >= 0.6 is 0 Å². The second-order valence-corrected chi connectivity index (χ2v) is 7.29. The van der Waals surface area contributed by atoms with Crippen LogP contribution in [-0.2, 0) is 10.2 Å². The van der Waals surface area contributed by atoms with Crippen LogP contribution in [0.15, 0.2) is 30.6 Å². The van der Waals surface area contributed by atoms with Gasteiger partial charge in [0.2, 0.25) is 0 Å². The summed E-state index contributed by atoms with van der Waals surface area (Å²) in [4.78, 5) is 6.98. The summed E-state index contributed by atoms with van der Waals surface area (Å²) in [6.45, 7) is 5.90. The first-order chi connectivity index (χ1) is 12.9. The van der Waals surface area contributed by atoms with Gasteiger partial charge in [0.1, 0.15) is 12.1 Å². The molecule has 1 N–H and O–H groups in total. The smallest absolute Gasteiger partial charge is 0.161 e. The van der Waals surface area contributed by atoms with Gasteiger partial charge in [-0.15, -0.1) is 0 Å². The van der Waals surface area contributed by atoms with Crippen LogP contribution in [0, 0.1) is 0 Å². The molecule has 0 saturated carbocycles. The Kier molecular flexibility index (Phi) is 5.51. The summed E-state index contributed by atoms with van der Waals surface area (Å²) < 4.78 is 11.5. The van der Waals surface area contributed by atoms with Crippen molar-refractivity contribution in [1.29, 1.82) is 0 Å². The number of nitrogens with zero attached hydrogens (tertiary/aromatic N) is 3. The third kappa shape index (κ3) is 3.76. The standard InChI is InChI=1S/C20H28N4O2/c1-2-11-24(10-1)12-3-13-26-18-6-4-17(5-7-18)20(8-14-25-15-9-20)19-21-16-22-23-19/h4-7,16H,1-3,8-15H2,(H,21,22,23). The molecule has 0 radical (unpaired) electrons. The van der Waals surface area contributed by atoms with Crippen molar-refractivity contribution in [3.8, 4) is 5.75 Å². The van der Waals surface area contributed by atoms with Gasteiger partial charge in [-0.2, -0.15) is 5.10 Å². The zero-order chi connectivity index (χ0) is 17.7. The van der Waals surface area contributed by atoms with E-state index in [2.05, 4.69) is 44.3 Å².